The fourth-order valence-corrected chi connectivity index (χ4v) is 3.06. The fourth-order valence-electron chi connectivity index (χ4n) is 3.06. The Bertz CT molecular complexity index is 713. The van der Waals surface area contributed by atoms with Crippen LogP contribution in [0.25, 0.3) is 0 Å². The van der Waals surface area contributed by atoms with E-state index >= 15 is 0 Å². The van der Waals surface area contributed by atoms with E-state index in [1.807, 2.05) is 19.1 Å². The van der Waals surface area contributed by atoms with E-state index in [1.165, 1.54) is 0 Å². The van der Waals surface area contributed by atoms with E-state index in [2.05, 4.69) is 16.0 Å². The quantitative estimate of drug-likeness (QED) is 0.647. The lowest BCUT2D eigenvalue weighted by atomic mass is 9.77. The van der Waals surface area contributed by atoms with E-state index in [0.29, 0.717) is 49.7 Å². The van der Waals surface area contributed by atoms with Crippen LogP contribution in [0.1, 0.15) is 23.7 Å². The van der Waals surface area contributed by atoms with Gasteiger partial charge in [0, 0.05) is 31.7 Å². The highest BCUT2D eigenvalue weighted by molar-refractivity contribution is 5.97. The first-order chi connectivity index (χ1) is 12.5. The summed E-state index contributed by atoms with van der Waals surface area (Å²) in [5.41, 5.74) is 0.0277. The van der Waals surface area contributed by atoms with Crippen molar-refractivity contribution in [1.82, 2.24) is 16.0 Å². The Balaban J connectivity index is 1.83. The minimum Gasteiger partial charge on any atom is -0.497 e. The highest BCUT2D eigenvalue weighted by Gasteiger charge is 2.43. The van der Waals surface area contributed by atoms with Gasteiger partial charge in [0.15, 0.2) is 0 Å². The van der Waals surface area contributed by atoms with Crippen molar-refractivity contribution in [2.45, 2.75) is 19.4 Å². The molecule has 7 heteroatoms. The molecule has 1 aromatic carbocycles. The van der Waals surface area contributed by atoms with Crippen LogP contribution in [0.5, 0.6) is 11.5 Å². The van der Waals surface area contributed by atoms with Crippen molar-refractivity contribution in [2.24, 2.45) is 5.41 Å². The normalized spacial score (nSPS) is 24.2. The lowest BCUT2D eigenvalue weighted by Crippen LogP contribution is -2.62. The maximum Gasteiger partial charge on any atom is 0.255 e. The summed E-state index contributed by atoms with van der Waals surface area (Å²) >= 11 is 0. The van der Waals surface area contributed by atoms with E-state index in [4.69, 9.17) is 9.47 Å². The zero-order valence-corrected chi connectivity index (χ0v) is 15.1. The van der Waals surface area contributed by atoms with Gasteiger partial charge in [-0.2, -0.15) is 0 Å². The molecule has 140 valence electrons. The first-order valence-electron chi connectivity index (χ1n) is 8.80. The minimum atomic E-state index is -0.411. The Labute approximate surface area is 153 Å². The first-order valence-corrected chi connectivity index (χ1v) is 8.80. The van der Waals surface area contributed by atoms with Crippen molar-refractivity contribution < 1.29 is 19.1 Å². The van der Waals surface area contributed by atoms with Crippen LogP contribution in [0, 0.1) is 5.41 Å². The molecule has 2 aliphatic heterocycles. The lowest BCUT2D eigenvalue weighted by molar-refractivity contribution is -0.133. The van der Waals surface area contributed by atoms with Crippen molar-refractivity contribution in [3.63, 3.8) is 0 Å². The summed E-state index contributed by atoms with van der Waals surface area (Å²) in [6, 6.07) is 4.91. The van der Waals surface area contributed by atoms with Gasteiger partial charge in [-0.25, -0.2) is 0 Å². The Hall–Kier alpha value is -2.54. The molecule has 0 aromatic heterocycles. The predicted molar refractivity (Wildman–Crippen MR) is 97.5 cm³/mol. The number of carbonyl (C=O) groups is 2. The molecule has 7 nitrogen and oxygen atoms in total. The van der Waals surface area contributed by atoms with Gasteiger partial charge in [-0.15, -0.1) is 0 Å². The number of carbonyl (C=O) groups excluding carboxylic acids is 2. The molecule has 2 amide bonds. The zero-order chi connectivity index (χ0) is 18.6. The average molecular weight is 359 g/mol. The molecule has 3 rings (SSSR count). The van der Waals surface area contributed by atoms with Crippen molar-refractivity contribution >= 4 is 11.8 Å². The number of ether oxygens (including phenoxy) is 2. The number of benzene rings is 1. The Kier molecular flexibility index (Phi) is 5.46. The van der Waals surface area contributed by atoms with Crippen LogP contribution >= 0.6 is 0 Å². The smallest absolute Gasteiger partial charge is 0.255 e. The number of nitrogens with one attached hydrogen (secondary N) is 3. The molecule has 0 bridgehead atoms. The van der Waals surface area contributed by atoms with E-state index in [9.17, 15) is 9.59 Å². The van der Waals surface area contributed by atoms with Crippen LogP contribution < -0.4 is 25.4 Å². The number of methoxy groups -OCH3 is 1. The molecule has 26 heavy (non-hydrogen) atoms. The average Bonchev–Trinajstić information content (AvgIpc) is 2.60. The molecule has 1 saturated heterocycles. The van der Waals surface area contributed by atoms with Gasteiger partial charge >= 0.3 is 0 Å². The monoisotopic (exact) mass is 359 g/mol. The number of hydrogen-bond donors (Lipinski definition) is 3. The highest BCUT2D eigenvalue weighted by Crippen LogP contribution is 2.28. The molecule has 1 aromatic rings. The van der Waals surface area contributed by atoms with Gasteiger partial charge in [0.1, 0.15) is 18.1 Å². The third-order valence-corrected chi connectivity index (χ3v) is 4.80. The summed E-state index contributed by atoms with van der Waals surface area (Å²) < 4.78 is 11.0. The number of rotatable bonds is 1. The largest absolute Gasteiger partial charge is 0.497 e. The molecule has 2 heterocycles. The first kappa shape index (κ1) is 18.3. The highest BCUT2D eigenvalue weighted by atomic mass is 16.5. The Morgan fingerprint density at radius 1 is 1.23 bits per heavy atom. The van der Waals surface area contributed by atoms with Crippen LogP contribution in [0.2, 0.25) is 0 Å². The lowest BCUT2D eigenvalue weighted by Gasteiger charge is -2.40. The summed E-state index contributed by atoms with van der Waals surface area (Å²) in [5, 5.41) is 9.04. The molecule has 1 fully saturated rings. The van der Waals surface area contributed by atoms with Crippen LogP contribution in [0.4, 0.5) is 0 Å². The van der Waals surface area contributed by atoms with E-state index in [-0.39, 0.29) is 17.9 Å². The van der Waals surface area contributed by atoms with Gasteiger partial charge in [-0.05, 0) is 25.5 Å². The van der Waals surface area contributed by atoms with Crippen molar-refractivity contribution in [3.05, 3.63) is 35.9 Å². The molecule has 3 N–H and O–H groups in total. The number of allylic oxidation sites excluding steroid dienone is 1. The van der Waals surface area contributed by atoms with Crippen LogP contribution in [-0.2, 0) is 4.79 Å². The predicted octanol–water partition coefficient (Wildman–Crippen LogP) is 0.858. The molecule has 1 atom stereocenters. The second-order valence-electron chi connectivity index (χ2n) is 6.82. The molecule has 0 unspecified atom stereocenters. The maximum atomic E-state index is 12.6. The SMILES string of the molecule is COc1ccc2c(c1)OC/C=C/CC1(CNC1)C(=O)NC[C@@H](C)NC2=O. The zero-order valence-electron chi connectivity index (χ0n) is 15.1. The Morgan fingerprint density at radius 2 is 2.04 bits per heavy atom. The summed E-state index contributed by atoms with van der Waals surface area (Å²) in [7, 11) is 1.57. The number of hydrogen-bond acceptors (Lipinski definition) is 5. The van der Waals surface area contributed by atoms with Crippen molar-refractivity contribution in [2.75, 3.05) is 33.4 Å². The Morgan fingerprint density at radius 3 is 2.73 bits per heavy atom. The van der Waals surface area contributed by atoms with Crippen molar-refractivity contribution in [1.29, 1.82) is 0 Å². The van der Waals surface area contributed by atoms with Crippen molar-refractivity contribution in [3.8, 4) is 11.5 Å². The van der Waals surface area contributed by atoms with E-state index < -0.39 is 5.41 Å². The fraction of sp³-hybridized carbons (Fsp3) is 0.474. The number of fused-ring (bicyclic) bond motifs is 1. The maximum absolute atomic E-state index is 12.6. The van der Waals surface area contributed by atoms with Crippen LogP contribution in [0.15, 0.2) is 30.4 Å². The summed E-state index contributed by atoms with van der Waals surface area (Å²) in [6.45, 7) is 3.87. The molecule has 0 radical (unpaired) electrons. The van der Waals surface area contributed by atoms with Gasteiger partial charge in [-0.3, -0.25) is 9.59 Å². The molecule has 0 saturated carbocycles. The number of amides is 2. The molecule has 2 aliphatic rings. The standard InChI is InChI=1S/C19H25N3O4/c1-13-10-21-18(24)19(11-20-12-19)7-3-4-8-26-16-9-14(25-2)5-6-15(16)17(23)22-13/h3-6,9,13,20H,7-8,10-12H2,1-2H3,(H,21,24)(H,22,23)/b4-3+/t13-/m1/s1. The second kappa shape index (κ2) is 7.78. The van der Waals surface area contributed by atoms with Gasteiger partial charge < -0.3 is 25.4 Å². The van der Waals surface area contributed by atoms with Crippen LogP contribution in [-0.4, -0.2) is 51.2 Å². The van der Waals surface area contributed by atoms with Crippen LogP contribution in [0.3, 0.4) is 0 Å². The minimum absolute atomic E-state index is 0.0186. The topological polar surface area (TPSA) is 88.7 Å². The second-order valence-corrected chi connectivity index (χ2v) is 6.82. The molecular weight excluding hydrogens is 334 g/mol. The third-order valence-electron chi connectivity index (χ3n) is 4.80. The summed E-state index contributed by atoms with van der Waals surface area (Å²) in [5.74, 6) is 0.872. The third kappa shape index (κ3) is 3.83. The summed E-state index contributed by atoms with van der Waals surface area (Å²) in [6.07, 6.45) is 4.50. The molecule has 1 spiro atoms. The van der Waals surface area contributed by atoms with Gasteiger partial charge in [-0.1, -0.05) is 12.2 Å². The van der Waals surface area contributed by atoms with Gasteiger partial charge in [0.25, 0.3) is 5.91 Å². The van der Waals surface area contributed by atoms with E-state index in [0.717, 1.165) is 0 Å². The molecular formula is C19H25N3O4. The summed E-state index contributed by atoms with van der Waals surface area (Å²) in [4.78, 5) is 25.1. The van der Waals surface area contributed by atoms with Gasteiger partial charge in [0.2, 0.25) is 5.91 Å². The van der Waals surface area contributed by atoms with E-state index in [1.54, 1.807) is 25.3 Å². The van der Waals surface area contributed by atoms with Gasteiger partial charge in [0.05, 0.1) is 18.1 Å². The molecule has 0 aliphatic carbocycles.